The summed E-state index contributed by atoms with van der Waals surface area (Å²) in [6.07, 6.45) is 11.1. The molecule has 8 nitrogen and oxygen atoms in total. The van der Waals surface area contributed by atoms with E-state index in [2.05, 4.69) is 85.8 Å². The topological polar surface area (TPSA) is 121 Å². The van der Waals surface area contributed by atoms with Gasteiger partial charge in [0.05, 0.1) is 6.10 Å². The van der Waals surface area contributed by atoms with Gasteiger partial charge in [-0.3, -0.25) is 0 Å². The van der Waals surface area contributed by atoms with E-state index >= 15 is 0 Å². The highest BCUT2D eigenvalue weighted by atomic mass is 28.4. The Morgan fingerprint density at radius 3 is 2.45 bits per heavy atom. The van der Waals surface area contributed by atoms with Gasteiger partial charge in [-0.25, -0.2) is 9.59 Å². The number of nitrogens with two attached hydrogens (primary N) is 1. The molecule has 0 spiro atoms. The van der Waals surface area contributed by atoms with Crippen LogP contribution >= 0.6 is 0 Å². The second-order valence-electron chi connectivity index (χ2n) is 15.4. The third-order valence-electron chi connectivity index (χ3n) is 11.1. The number of primary amides is 1. The normalized spacial score (nSPS) is 24.0. The maximum absolute atomic E-state index is 12.3. The molecule has 49 heavy (non-hydrogen) atoms. The van der Waals surface area contributed by atoms with Crippen LogP contribution in [-0.4, -0.2) is 45.3 Å². The molecule has 1 heterocycles. The lowest BCUT2D eigenvalue weighted by atomic mass is 9.61. The minimum atomic E-state index is -2.82. The average Bonchev–Trinajstić information content (AvgIpc) is 3.15. The number of ether oxygens (including phenoxy) is 3. The average molecular weight is 696 g/mol. The summed E-state index contributed by atoms with van der Waals surface area (Å²) in [5.41, 5.74) is 8.13. The number of carbonyl (C=O) groups excluding carboxylic acids is 1. The SMILES string of the molecule is CC/C=C\C(C)[C@H](OC(N)=O)[C@@H](C)[C@@H]1C(C(C)(C)[Si](C)(C)O)[C@H]([C@@H](OCOC)C(C)/C=C\c2ccc3oc(=O)ccc3c2)C=C(C)C[C@@H]1C. The van der Waals surface area contributed by atoms with Crippen molar-refractivity contribution in [1.82, 2.24) is 0 Å². The number of fused-ring (bicyclic) bond motifs is 1. The first-order valence-electron chi connectivity index (χ1n) is 17.8. The Labute approximate surface area is 294 Å². The smallest absolute Gasteiger partial charge is 0.404 e. The number of hydrogen-bond donors (Lipinski definition) is 2. The van der Waals surface area contributed by atoms with Crippen LogP contribution in [0, 0.1) is 41.4 Å². The van der Waals surface area contributed by atoms with E-state index in [1.54, 1.807) is 13.2 Å². The molecule has 0 saturated carbocycles. The minimum Gasteiger partial charge on any atom is -0.445 e. The summed E-state index contributed by atoms with van der Waals surface area (Å²) in [7, 11) is -1.18. The fraction of sp³-hybridized carbons (Fsp3) is 0.600. The van der Waals surface area contributed by atoms with Crippen LogP contribution in [0.25, 0.3) is 17.0 Å². The van der Waals surface area contributed by atoms with Crippen LogP contribution in [0.15, 0.2) is 69.4 Å². The number of carbonyl (C=O) groups is 1. The van der Waals surface area contributed by atoms with E-state index in [1.807, 2.05) is 31.3 Å². The Morgan fingerprint density at radius 2 is 1.84 bits per heavy atom. The monoisotopic (exact) mass is 695 g/mol. The Hall–Kier alpha value is -2.98. The van der Waals surface area contributed by atoms with Gasteiger partial charge in [0.25, 0.3) is 0 Å². The molecule has 0 radical (unpaired) electrons. The summed E-state index contributed by atoms with van der Waals surface area (Å²) in [6.45, 7) is 21.6. The van der Waals surface area contributed by atoms with Gasteiger partial charge in [0, 0.05) is 36.3 Å². The highest BCUT2D eigenvalue weighted by molar-refractivity contribution is 6.73. The van der Waals surface area contributed by atoms with Gasteiger partial charge >= 0.3 is 11.7 Å². The van der Waals surface area contributed by atoms with E-state index in [4.69, 9.17) is 24.4 Å². The standard InChI is InChI=1S/C40H61NO7Si/c1-12-13-14-26(3)37(48-39(41)43)29(6)35-28(5)21-25(2)22-32(36(35)40(7,8)49(10,11)44)38(46-24-45-9)27(4)15-16-30-17-19-33-31(23-30)18-20-34(42)47-33/h13-20,22-23,26-29,32,35-38,44H,12,21,24H2,1-11H3,(H2,41,43)/b14-13-,16-15-/t26?,27?,28-,29-,32+,35+,36?,37-,38-/m0/s1. The van der Waals surface area contributed by atoms with E-state index in [9.17, 15) is 14.4 Å². The van der Waals surface area contributed by atoms with Crippen LogP contribution in [0.3, 0.4) is 0 Å². The van der Waals surface area contributed by atoms with Crippen molar-refractivity contribution in [3.63, 3.8) is 0 Å². The van der Waals surface area contributed by atoms with Crippen LogP contribution < -0.4 is 11.4 Å². The van der Waals surface area contributed by atoms with Gasteiger partial charge in [0.15, 0.2) is 8.32 Å². The van der Waals surface area contributed by atoms with Crippen molar-refractivity contribution in [3.05, 3.63) is 76.2 Å². The molecule has 9 atom stereocenters. The summed E-state index contributed by atoms with van der Waals surface area (Å²) in [5, 5.41) is 0.383. The van der Waals surface area contributed by atoms with Gasteiger partial charge in [-0.15, -0.1) is 0 Å². The maximum atomic E-state index is 12.3. The zero-order valence-electron chi connectivity index (χ0n) is 31.6. The number of benzene rings is 1. The molecule has 1 aliphatic carbocycles. The highest BCUT2D eigenvalue weighted by Crippen LogP contribution is 2.58. The van der Waals surface area contributed by atoms with E-state index in [1.165, 1.54) is 11.6 Å². The molecule has 272 valence electrons. The van der Waals surface area contributed by atoms with Gasteiger partial charge in [-0.1, -0.05) is 90.5 Å². The summed E-state index contributed by atoms with van der Waals surface area (Å²) < 4.78 is 23.4. The van der Waals surface area contributed by atoms with Crippen molar-refractivity contribution in [2.75, 3.05) is 13.9 Å². The molecule has 3 rings (SSSR count). The van der Waals surface area contributed by atoms with Crippen molar-refractivity contribution in [1.29, 1.82) is 0 Å². The van der Waals surface area contributed by atoms with Gasteiger partial charge < -0.3 is 29.2 Å². The Balaban J connectivity index is 2.19. The van der Waals surface area contributed by atoms with E-state index in [-0.39, 0.29) is 59.9 Å². The Kier molecular flexibility index (Phi) is 14.3. The molecular weight excluding hydrogens is 635 g/mol. The predicted molar refractivity (Wildman–Crippen MR) is 201 cm³/mol. The van der Waals surface area contributed by atoms with Crippen LogP contribution in [0.5, 0.6) is 0 Å². The van der Waals surface area contributed by atoms with Crippen LogP contribution in [0.2, 0.25) is 18.1 Å². The molecule has 0 fully saturated rings. The molecule has 2 aromatic rings. The van der Waals surface area contributed by atoms with Crippen LogP contribution in [0.1, 0.15) is 73.8 Å². The quantitative estimate of drug-likeness (QED) is 0.0826. The van der Waals surface area contributed by atoms with Crippen molar-refractivity contribution in [2.45, 2.75) is 98.6 Å². The number of rotatable bonds is 15. The minimum absolute atomic E-state index is 0.0378. The van der Waals surface area contributed by atoms with Gasteiger partial charge in [0.1, 0.15) is 18.5 Å². The number of amides is 1. The number of allylic oxidation sites excluding steroid dienone is 2. The summed E-state index contributed by atoms with van der Waals surface area (Å²) in [4.78, 5) is 36.1. The van der Waals surface area contributed by atoms with Crippen molar-refractivity contribution >= 4 is 31.5 Å². The molecule has 0 bridgehead atoms. The third kappa shape index (κ3) is 10.1. The summed E-state index contributed by atoms with van der Waals surface area (Å²) in [5.74, 6) is -0.0334. The van der Waals surface area contributed by atoms with Gasteiger partial charge in [0.2, 0.25) is 0 Å². The lowest BCUT2D eigenvalue weighted by molar-refractivity contribution is -0.117. The van der Waals surface area contributed by atoms with Crippen molar-refractivity contribution in [3.8, 4) is 0 Å². The second kappa shape index (κ2) is 17.3. The Morgan fingerprint density at radius 1 is 1.14 bits per heavy atom. The number of hydrogen-bond acceptors (Lipinski definition) is 7. The van der Waals surface area contributed by atoms with E-state index < -0.39 is 25.6 Å². The zero-order chi connectivity index (χ0) is 36.7. The number of methoxy groups -OCH3 is 1. The molecule has 1 aromatic carbocycles. The first-order valence-corrected chi connectivity index (χ1v) is 20.7. The summed E-state index contributed by atoms with van der Waals surface area (Å²) in [6, 6.07) is 8.96. The first-order chi connectivity index (χ1) is 22.9. The molecule has 3 unspecified atom stereocenters. The van der Waals surface area contributed by atoms with Crippen LogP contribution in [-0.2, 0) is 14.2 Å². The first kappa shape index (κ1) is 40.4. The fourth-order valence-electron chi connectivity index (χ4n) is 8.10. The largest absolute Gasteiger partial charge is 0.445 e. The molecule has 0 saturated heterocycles. The molecule has 1 amide bonds. The molecular formula is C40H61NO7Si. The third-order valence-corrected chi connectivity index (χ3v) is 14.6. The lowest BCUT2D eigenvalue weighted by Crippen LogP contribution is -2.54. The molecule has 9 heteroatoms. The van der Waals surface area contributed by atoms with E-state index in [0.717, 1.165) is 23.8 Å². The lowest BCUT2D eigenvalue weighted by Gasteiger charge is -2.53. The Bertz CT molecular complexity index is 1540. The second-order valence-corrected chi connectivity index (χ2v) is 19.8. The van der Waals surface area contributed by atoms with Gasteiger partial charge in [-0.05, 0) is 85.3 Å². The molecule has 3 N–H and O–H groups in total. The van der Waals surface area contributed by atoms with E-state index in [0.29, 0.717) is 5.58 Å². The highest BCUT2D eigenvalue weighted by Gasteiger charge is 2.55. The van der Waals surface area contributed by atoms with Crippen LogP contribution in [0.4, 0.5) is 4.79 Å². The van der Waals surface area contributed by atoms with Crippen molar-refractivity contribution < 1.29 is 28.2 Å². The zero-order valence-corrected chi connectivity index (χ0v) is 32.6. The predicted octanol–water partition coefficient (Wildman–Crippen LogP) is 8.95. The summed E-state index contributed by atoms with van der Waals surface area (Å²) >= 11 is 0. The van der Waals surface area contributed by atoms with Gasteiger partial charge in [-0.2, -0.15) is 0 Å². The fourth-order valence-corrected chi connectivity index (χ4v) is 9.30. The van der Waals surface area contributed by atoms with Crippen molar-refractivity contribution in [2.24, 2.45) is 47.2 Å². The molecule has 0 aliphatic heterocycles. The molecule has 1 aliphatic rings. The maximum Gasteiger partial charge on any atom is 0.404 e. The molecule has 1 aromatic heterocycles.